The minimum Gasteiger partial charge on any atom is -0.494 e. The van der Waals surface area contributed by atoms with Gasteiger partial charge in [0.1, 0.15) is 17.6 Å². The molecule has 1 aromatic carbocycles. The first-order valence-corrected chi connectivity index (χ1v) is 7.56. The van der Waals surface area contributed by atoms with Crippen molar-refractivity contribution in [1.82, 2.24) is 10.3 Å². The minimum absolute atomic E-state index is 0.319. The van der Waals surface area contributed by atoms with E-state index >= 15 is 0 Å². The molecule has 0 fully saturated rings. The Labute approximate surface area is 140 Å². The first-order chi connectivity index (χ1) is 11.5. The summed E-state index contributed by atoms with van der Waals surface area (Å²) in [6.45, 7) is 4.03. The van der Waals surface area contributed by atoms with Gasteiger partial charge in [-0.2, -0.15) is 0 Å². The summed E-state index contributed by atoms with van der Waals surface area (Å²) in [5, 5.41) is 5.62. The van der Waals surface area contributed by atoms with E-state index in [0.29, 0.717) is 18.0 Å². The number of hydrogen-bond acceptors (Lipinski definition) is 5. The normalized spacial score (nSPS) is 11.4. The maximum Gasteiger partial charge on any atom is 0.255 e. The summed E-state index contributed by atoms with van der Waals surface area (Å²) in [4.78, 5) is 27.6. The molecule has 1 heterocycles. The lowest BCUT2D eigenvalue weighted by molar-refractivity contribution is -0.119. The lowest BCUT2D eigenvalue weighted by Gasteiger charge is -2.14. The van der Waals surface area contributed by atoms with Crippen molar-refractivity contribution in [2.24, 2.45) is 5.73 Å². The van der Waals surface area contributed by atoms with Crippen LogP contribution >= 0.6 is 0 Å². The number of hydrogen-bond donors (Lipinski definition) is 3. The molecule has 0 radical (unpaired) electrons. The molecule has 0 bridgehead atoms. The molecule has 2 rings (SSSR count). The van der Waals surface area contributed by atoms with Gasteiger partial charge >= 0.3 is 0 Å². The average molecular weight is 328 g/mol. The van der Waals surface area contributed by atoms with Gasteiger partial charge in [-0.05, 0) is 50.2 Å². The number of ether oxygens (including phenoxy) is 1. The van der Waals surface area contributed by atoms with E-state index < -0.39 is 17.9 Å². The number of carbonyl (C=O) groups is 2. The van der Waals surface area contributed by atoms with E-state index in [1.807, 2.05) is 31.2 Å². The van der Waals surface area contributed by atoms with Gasteiger partial charge in [0.2, 0.25) is 5.91 Å². The van der Waals surface area contributed by atoms with Gasteiger partial charge in [-0.3, -0.25) is 9.59 Å². The Hall–Kier alpha value is -3.09. The number of carbonyl (C=O) groups excluding carboxylic acids is 2. The molecule has 2 aromatic rings. The number of nitrogens with two attached hydrogens (primary N) is 1. The highest BCUT2D eigenvalue weighted by Gasteiger charge is 2.17. The summed E-state index contributed by atoms with van der Waals surface area (Å²) in [5.41, 5.74) is 6.24. The van der Waals surface area contributed by atoms with Gasteiger partial charge < -0.3 is 21.1 Å². The summed E-state index contributed by atoms with van der Waals surface area (Å²) in [6, 6.07) is 9.80. The van der Waals surface area contributed by atoms with Crippen LogP contribution in [0.15, 0.2) is 42.6 Å². The van der Waals surface area contributed by atoms with Crippen LogP contribution in [0.3, 0.4) is 0 Å². The van der Waals surface area contributed by atoms with Crippen LogP contribution in [0.1, 0.15) is 24.2 Å². The molecule has 1 atom stereocenters. The second kappa shape index (κ2) is 7.96. The Balaban J connectivity index is 2.16. The Morgan fingerprint density at radius 1 is 1.25 bits per heavy atom. The van der Waals surface area contributed by atoms with Gasteiger partial charge in [0.05, 0.1) is 12.2 Å². The lowest BCUT2D eigenvalue weighted by atomic mass is 10.2. The predicted octanol–water partition coefficient (Wildman–Crippen LogP) is 1.83. The van der Waals surface area contributed by atoms with E-state index in [1.54, 1.807) is 18.3 Å². The van der Waals surface area contributed by atoms with E-state index in [9.17, 15) is 9.59 Å². The molecule has 24 heavy (non-hydrogen) atoms. The van der Waals surface area contributed by atoms with Crippen LogP contribution in [0.25, 0.3) is 0 Å². The molecule has 0 aliphatic carbocycles. The van der Waals surface area contributed by atoms with Crippen molar-refractivity contribution in [3.8, 4) is 5.75 Å². The van der Waals surface area contributed by atoms with Crippen molar-refractivity contribution in [2.45, 2.75) is 19.9 Å². The number of nitrogens with zero attached hydrogens (tertiary/aromatic N) is 1. The van der Waals surface area contributed by atoms with Crippen LogP contribution in [0.4, 0.5) is 11.5 Å². The second-order valence-corrected chi connectivity index (χ2v) is 5.08. The molecule has 4 N–H and O–H groups in total. The number of aromatic nitrogens is 1. The van der Waals surface area contributed by atoms with Crippen molar-refractivity contribution >= 4 is 23.3 Å². The Morgan fingerprint density at radius 3 is 2.58 bits per heavy atom. The van der Waals surface area contributed by atoms with Gasteiger partial charge in [0.25, 0.3) is 5.91 Å². The van der Waals surface area contributed by atoms with Crippen molar-refractivity contribution in [2.75, 3.05) is 11.9 Å². The van der Waals surface area contributed by atoms with Gasteiger partial charge in [0, 0.05) is 11.9 Å². The van der Waals surface area contributed by atoms with Crippen LogP contribution < -0.4 is 21.1 Å². The minimum atomic E-state index is -0.768. The van der Waals surface area contributed by atoms with Crippen molar-refractivity contribution in [1.29, 1.82) is 0 Å². The lowest BCUT2D eigenvalue weighted by Crippen LogP contribution is -2.42. The molecule has 7 heteroatoms. The Bertz CT molecular complexity index is 716. The van der Waals surface area contributed by atoms with Gasteiger partial charge in [-0.25, -0.2) is 4.98 Å². The number of pyridine rings is 1. The van der Waals surface area contributed by atoms with Gasteiger partial charge in [-0.15, -0.1) is 0 Å². The van der Waals surface area contributed by atoms with Crippen LogP contribution in [0.2, 0.25) is 0 Å². The van der Waals surface area contributed by atoms with Gasteiger partial charge in [-0.1, -0.05) is 0 Å². The Kier molecular flexibility index (Phi) is 5.73. The molecule has 0 aliphatic rings. The topological polar surface area (TPSA) is 106 Å². The third-order valence-corrected chi connectivity index (χ3v) is 3.25. The molecular formula is C17H20N4O3. The fraction of sp³-hybridized carbons (Fsp3) is 0.235. The quantitative estimate of drug-likeness (QED) is 0.719. The first kappa shape index (κ1) is 17.3. The summed E-state index contributed by atoms with van der Waals surface area (Å²) in [5.74, 6) is 0.115. The number of benzene rings is 1. The van der Waals surface area contributed by atoms with E-state index in [2.05, 4.69) is 15.6 Å². The highest BCUT2D eigenvalue weighted by molar-refractivity contribution is 6.01. The first-order valence-electron chi connectivity index (χ1n) is 7.56. The molecule has 1 unspecified atom stereocenters. The van der Waals surface area contributed by atoms with Crippen LogP contribution in [0, 0.1) is 0 Å². The predicted molar refractivity (Wildman–Crippen MR) is 91.3 cm³/mol. The Morgan fingerprint density at radius 2 is 1.96 bits per heavy atom. The molecule has 0 saturated heterocycles. The number of rotatable bonds is 7. The molecule has 126 valence electrons. The maximum absolute atomic E-state index is 12.3. The SMILES string of the molecule is CCOc1ccc(Nc2ncccc2C(=O)NC(C)C(N)=O)cc1. The van der Waals surface area contributed by atoms with Gasteiger partial charge in [0.15, 0.2) is 0 Å². The van der Waals surface area contributed by atoms with Crippen LogP contribution in [-0.2, 0) is 4.79 Å². The third-order valence-electron chi connectivity index (χ3n) is 3.25. The summed E-state index contributed by atoms with van der Waals surface area (Å²) in [6.07, 6.45) is 1.57. The fourth-order valence-electron chi connectivity index (χ4n) is 1.97. The zero-order chi connectivity index (χ0) is 17.5. The maximum atomic E-state index is 12.3. The standard InChI is InChI=1S/C17H20N4O3/c1-3-24-13-8-6-12(7-9-13)21-16-14(5-4-10-19-16)17(23)20-11(2)15(18)22/h4-11H,3H2,1-2H3,(H2,18,22)(H,19,21)(H,20,23). The number of nitrogens with one attached hydrogen (secondary N) is 2. The monoisotopic (exact) mass is 328 g/mol. The second-order valence-electron chi connectivity index (χ2n) is 5.08. The molecule has 0 saturated carbocycles. The zero-order valence-corrected chi connectivity index (χ0v) is 13.6. The molecule has 0 aliphatic heterocycles. The third kappa shape index (κ3) is 4.45. The average Bonchev–Trinajstić information content (AvgIpc) is 2.57. The summed E-state index contributed by atoms with van der Waals surface area (Å²) < 4.78 is 5.39. The van der Waals surface area contributed by atoms with Crippen molar-refractivity contribution in [3.05, 3.63) is 48.2 Å². The van der Waals surface area contributed by atoms with Crippen molar-refractivity contribution in [3.63, 3.8) is 0 Å². The van der Waals surface area contributed by atoms with Crippen molar-refractivity contribution < 1.29 is 14.3 Å². The van der Waals surface area contributed by atoms with E-state index in [1.165, 1.54) is 6.92 Å². The van der Waals surface area contributed by atoms with E-state index in [0.717, 1.165) is 11.4 Å². The van der Waals surface area contributed by atoms with Crippen LogP contribution in [-0.4, -0.2) is 29.4 Å². The fourth-order valence-corrected chi connectivity index (χ4v) is 1.97. The number of primary amides is 1. The molecule has 7 nitrogen and oxygen atoms in total. The molecule has 0 spiro atoms. The molecular weight excluding hydrogens is 308 g/mol. The summed E-state index contributed by atoms with van der Waals surface area (Å²) >= 11 is 0. The number of anilines is 2. The molecule has 1 aromatic heterocycles. The molecule has 2 amide bonds. The number of amides is 2. The highest BCUT2D eigenvalue weighted by Crippen LogP contribution is 2.21. The summed E-state index contributed by atoms with van der Waals surface area (Å²) in [7, 11) is 0. The highest BCUT2D eigenvalue weighted by atomic mass is 16.5. The van der Waals surface area contributed by atoms with E-state index in [4.69, 9.17) is 10.5 Å². The smallest absolute Gasteiger partial charge is 0.255 e. The van der Waals surface area contributed by atoms with Crippen LogP contribution in [0.5, 0.6) is 5.75 Å². The largest absolute Gasteiger partial charge is 0.494 e. The van der Waals surface area contributed by atoms with E-state index in [-0.39, 0.29) is 0 Å². The zero-order valence-electron chi connectivity index (χ0n) is 13.6.